The SMILES string of the molecule is CC1(C)c2ccccc2-c2ccc(N(c3ccc(-n4c5ccccc5c5ccccc54)cc3)c3ccc4oc5cc(-c6cccc([Si]7(c8ccccc8)c8ccccc8-c8ccccc87)c6)ccc5c4c3)cc21. The standard InChI is InChI=1S/C69H48N2OSi/c1-69(2)61-26-11-6-21-53(61)54-39-36-50(44-62(54)69)70(47-32-34-48(35-33-47)71-63-27-12-7-22-55(63)56-23-8-13-28-64(56)71)49-37-40-65-60(43-49)57-38-31-46(42-66(57)72-65)45-17-16-20-52(41-45)73(51-18-4-3-5-19-51)67-29-14-9-24-58(67)59-25-10-15-30-68(59)73/h3-44H,1-2H3. The number of para-hydroxylation sites is 2. The van der Waals surface area contributed by atoms with E-state index in [-0.39, 0.29) is 5.41 Å². The average molecular weight is 949 g/mol. The summed E-state index contributed by atoms with van der Waals surface area (Å²) in [6.07, 6.45) is 0. The fourth-order valence-electron chi connectivity index (χ4n) is 13.0. The molecule has 0 saturated carbocycles. The summed E-state index contributed by atoms with van der Waals surface area (Å²) in [5.74, 6) is 0. The molecule has 0 unspecified atom stereocenters. The van der Waals surface area contributed by atoms with Crippen molar-refractivity contribution < 1.29 is 4.42 Å². The van der Waals surface area contributed by atoms with E-state index in [1.807, 2.05) is 0 Å². The maximum Gasteiger partial charge on any atom is 0.180 e. The number of anilines is 3. The van der Waals surface area contributed by atoms with Crippen LogP contribution in [0.2, 0.25) is 0 Å². The van der Waals surface area contributed by atoms with Crippen LogP contribution in [0.4, 0.5) is 17.1 Å². The summed E-state index contributed by atoms with van der Waals surface area (Å²) in [6, 6.07) is 94.7. The monoisotopic (exact) mass is 948 g/mol. The Morgan fingerprint density at radius 1 is 0.370 bits per heavy atom. The number of hydrogen-bond donors (Lipinski definition) is 0. The summed E-state index contributed by atoms with van der Waals surface area (Å²) in [6.45, 7) is 4.72. The minimum Gasteiger partial charge on any atom is -0.456 e. The lowest BCUT2D eigenvalue weighted by Crippen LogP contribution is -2.72. The predicted octanol–water partition coefficient (Wildman–Crippen LogP) is 15.5. The fraction of sp³-hybridized carbons (Fsp3) is 0.0435. The largest absolute Gasteiger partial charge is 0.456 e. The van der Waals surface area contributed by atoms with Gasteiger partial charge in [0.1, 0.15) is 11.2 Å². The molecule has 0 spiro atoms. The van der Waals surface area contributed by atoms with E-state index in [1.165, 1.54) is 81.5 Å². The van der Waals surface area contributed by atoms with Crippen molar-refractivity contribution in [1.82, 2.24) is 4.57 Å². The lowest BCUT2D eigenvalue weighted by molar-refractivity contribution is 0.660. The van der Waals surface area contributed by atoms with Gasteiger partial charge in [-0.05, 0) is 144 Å². The maximum atomic E-state index is 6.81. The Kier molecular flexibility index (Phi) is 9.03. The van der Waals surface area contributed by atoms with E-state index in [9.17, 15) is 0 Å². The Hall–Kier alpha value is -8.96. The van der Waals surface area contributed by atoms with Crippen LogP contribution >= 0.6 is 0 Å². The van der Waals surface area contributed by atoms with Gasteiger partial charge in [0.25, 0.3) is 0 Å². The van der Waals surface area contributed by atoms with Crippen molar-refractivity contribution in [3.05, 3.63) is 266 Å². The molecule has 3 heterocycles. The van der Waals surface area contributed by atoms with E-state index in [0.29, 0.717) is 0 Å². The number of furan rings is 1. The highest BCUT2D eigenvalue weighted by Gasteiger charge is 2.48. The van der Waals surface area contributed by atoms with Crippen LogP contribution in [0.15, 0.2) is 259 Å². The van der Waals surface area contributed by atoms with E-state index in [0.717, 1.165) is 50.3 Å². The van der Waals surface area contributed by atoms with Gasteiger partial charge in [-0.25, -0.2) is 0 Å². The molecular formula is C69H48N2OSi. The van der Waals surface area contributed by atoms with Crippen LogP contribution in [0, 0.1) is 0 Å². The molecule has 2 aliphatic rings. The average Bonchev–Trinajstić information content (AvgIpc) is 4.19. The number of rotatable bonds is 7. The van der Waals surface area contributed by atoms with Crippen molar-refractivity contribution in [2.24, 2.45) is 0 Å². The Balaban J connectivity index is 0.855. The van der Waals surface area contributed by atoms with Gasteiger partial charge in [0.15, 0.2) is 8.07 Å². The summed E-state index contributed by atoms with van der Waals surface area (Å²) in [5, 5.41) is 10.4. The lowest BCUT2D eigenvalue weighted by atomic mass is 9.82. The molecule has 11 aromatic carbocycles. The Morgan fingerprint density at radius 3 is 1.68 bits per heavy atom. The quantitative estimate of drug-likeness (QED) is 0.149. The zero-order valence-corrected chi connectivity index (χ0v) is 41.6. The van der Waals surface area contributed by atoms with Crippen molar-refractivity contribution in [2.45, 2.75) is 19.3 Å². The summed E-state index contributed by atoms with van der Waals surface area (Å²) in [7, 11) is -2.64. The second-order valence-corrected chi connectivity index (χ2v) is 24.1. The van der Waals surface area contributed by atoms with Crippen molar-refractivity contribution in [2.75, 3.05) is 4.90 Å². The van der Waals surface area contributed by atoms with Gasteiger partial charge >= 0.3 is 0 Å². The molecule has 0 atom stereocenters. The molecule has 13 aromatic rings. The first-order valence-electron chi connectivity index (χ1n) is 25.4. The Morgan fingerprint density at radius 2 is 0.945 bits per heavy atom. The van der Waals surface area contributed by atoms with E-state index in [4.69, 9.17) is 4.42 Å². The first kappa shape index (κ1) is 41.8. The van der Waals surface area contributed by atoms with Crippen LogP contribution in [0.1, 0.15) is 25.0 Å². The molecule has 0 N–H and O–H groups in total. The first-order chi connectivity index (χ1) is 35.9. The summed E-state index contributed by atoms with van der Waals surface area (Å²) in [4.78, 5) is 2.42. The molecule has 1 aliphatic carbocycles. The van der Waals surface area contributed by atoms with Gasteiger partial charge in [-0.15, -0.1) is 0 Å². The van der Waals surface area contributed by atoms with E-state index in [2.05, 4.69) is 278 Å². The van der Waals surface area contributed by atoms with Crippen molar-refractivity contribution in [3.63, 3.8) is 0 Å². The smallest absolute Gasteiger partial charge is 0.180 e. The van der Waals surface area contributed by atoms with Crippen LogP contribution in [0.5, 0.6) is 0 Å². The Bertz CT molecular complexity index is 4270. The zero-order chi connectivity index (χ0) is 48.4. The van der Waals surface area contributed by atoms with Crippen molar-refractivity contribution >= 4 is 89.6 Å². The Labute approximate surface area is 425 Å². The molecule has 4 heteroatoms. The van der Waals surface area contributed by atoms with Crippen LogP contribution in [0.25, 0.3) is 82.8 Å². The third-order valence-electron chi connectivity index (χ3n) is 16.3. The van der Waals surface area contributed by atoms with Gasteiger partial charge in [-0.1, -0.05) is 190 Å². The van der Waals surface area contributed by atoms with Crippen molar-refractivity contribution in [1.29, 1.82) is 0 Å². The van der Waals surface area contributed by atoms with Crippen molar-refractivity contribution in [3.8, 4) is 39.1 Å². The summed E-state index contributed by atoms with van der Waals surface area (Å²) in [5.41, 5.74) is 18.7. The molecule has 0 radical (unpaired) electrons. The molecular weight excluding hydrogens is 901 g/mol. The summed E-state index contributed by atoms with van der Waals surface area (Å²) >= 11 is 0. The molecule has 1 aliphatic heterocycles. The third kappa shape index (κ3) is 6.05. The van der Waals surface area contributed by atoms with Gasteiger partial charge in [0, 0.05) is 49.7 Å². The van der Waals surface area contributed by atoms with Gasteiger partial charge in [0.2, 0.25) is 0 Å². The molecule has 0 amide bonds. The zero-order valence-electron chi connectivity index (χ0n) is 40.6. The number of benzene rings is 11. The first-order valence-corrected chi connectivity index (χ1v) is 27.4. The van der Waals surface area contributed by atoms with Gasteiger partial charge in [-0.3, -0.25) is 0 Å². The minimum absolute atomic E-state index is 0.146. The fourth-order valence-corrected chi connectivity index (χ4v) is 18.2. The number of fused-ring (bicyclic) bond motifs is 12. The lowest BCUT2D eigenvalue weighted by Gasteiger charge is -2.31. The number of aromatic nitrogens is 1. The normalized spacial score (nSPS) is 13.8. The predicted molar refractivity (Wildman–Crippen MR) is 308 cm³/mol. The van der Waals surface area contributed by atoms with Gasteiger partial charge in [0.05, 0.1) is 11.0 Å². The van der Waals surface area contributed by atoms with Crippen LogP contribution in [-0.4, -0.2) is 12.6 Å². The third-order valence-corrected chi connectivity index (χ3v) is 21.1. The molecule has 0 fully saturated rings. The number of nitrogens with zero attached hydrogens (tertiary/aromatic N) is 2. The molecule has 73 heavy (non-hydrogen) atoms. The molecule has 2 aromatic heterocycles. The number of hydrogen-bond acceptors (Lipinski definition) is 2. The maximum absolute atomic E-state index is 6.81. The molecule has 0 saturated heterocycles. The minimum atomic E-state index is -2.64. The summed E-state index contributed by atoms with van der Waals surface area (Å²) < 4.78 is 9.20. The highest BCUT2D eigenvalue weighted by Crippen LogP contribution is 2.51. The highest BCUT2D eigenvalue weighted by molar-refractivity contribution is 7.22. The van der Waals surface area contributed by atoms with Crippen LogP contribution in [0.3, 0.4) is 0 Å². The van der Waals surface area contributed by atoms with Gasteiger partial charge in [-0.2, -0.15) is 0 Å². The van der Waals surface area contributed by atoms with Crippen LogP contribution < -0.4 is 25.6 Å². The van der Waals surface area contributed by atoms with Crippen LogP contribution in [-0.2, 0) is 5.41 Å². The van der Waals surface area contributed by atoms with E-state index in [1.54, 1.807) is 0 Å². The van der Waals surface area contributed by atoms with E-state index < -0.39 is 8.07 Å². The second-order valence-electron chi connectivity index (χ2n) is 20.4. The van der Waals surface area contributed by atoms with E-state index >= 15 is 0 Å². The molecule has 15 rings (SSSR count). The topological polar surface area (TPSA) is 21.3 Å². The highest BCUT2D eigenvalue weighted by atomic mass is 28.3. The van der Waals surface area contributed by atoms with Gasteiger partial charge < -0.3 is 13.9 Å². The second kappa shape index (κ2) is 15.8. The molecule has 344 valence electrons. The molecule has 0 bridgehead atoms. The molecule has 3 nitrogen and oxygen atoms in total.